The van der Waals surface area contributed by atoms with Crippen LogP contribution in [0.1, 0.15) is 5.56 Å². The minimum Gasteiger partial charge on any atom is -0.330 e. The van der Waals surface area contributed by atoms with Gasteiger partial charge in [-0.1, -0.05) is 0 Å². The predicted octanol–water partition coefficient (Wildman–Crippen LogP) is 2.12. The van der Waals surface area contributed by atoms with Gasteiger partial charge in [0.2, 0.25) is 5.91 Å². The third-order valence-electron chi connectivity index (χ3n) is 3.10. The molecule has 0 aliphatic carbocycles. The van der Waals surface area contributed by atoms with Crippen LogP contribution in [0.25, 0.3) is 5.52 Å². The van der Waals surface area contributed by atoms with Crippen LogP contribution in [0.15, 0.2) is 29.0 Å². The summed E-state index contributed by atoms with van der Waals surface area (Å²) in [6, 6.07) is 3.60. The topological polar surface area (TPSA) is 37.6 Å². The molecule has 0 radical (unpaired) electrons. The Morgan fingerprint density at radius 3 is 2.89 bits per heavy atom. The number of rotatable bonds is 2. The van der Waals surface area contributed by atoms with Gasteiger partial charge in [0.05, 0.1) is 25.0 Å². The molecule has 4 nitrogen and oxygen atoms in total. The van der Waals surface area contributed by atoms with E-state index in [0.717, 1.165) is 15.6 Å². The molecule has 0 unspecified atom stereocenters. The molecule has 3 heterocycles. The average molecular weight is 330 g/mol. The fourth-order valence-corrected chi connectivity index (χ4v) is 2.64. The summed E-state index contributed by atoms with van der Waals surface area (Å²) in [6.45, 7) is -0.954. The molecule has 0 saturated carbocycles. The second-order valence-corrected chi connectivity index (χ2v) is 5.54. The van der Waals surface area contributed by atoms with E-state index in [1.165, 1.54) is 4.90 Å². The molecule has 0 aromatic carbocycles. The molecule has 1 fully saturated rings. The van der Waals surface area contributed by atoms with Crippen LogP contribution in [-0.2, 0) is 11.2 Å². The Balaban J connectivity index is 1.82. The summed E-state index contributed by atoms with van der Waals surface area (Å²) in [5, 5.41) is 4.09. The van der Waals surface area contributed by atoms with Gasteiger partial charge in [-0.25, -0.2) is 13.3 Å². The maximum atomic E-state index is 12.7. The van der Waals surface area contributed by atoms with Crippen LogP contribution in [0.4, 0.5) is 8.78 Å². The van der Waals surface area contributed by atoms with Crippen molar-refractivity contribution in [1.29, 1.82) is 0 Å². The smallest absolute Gasteiger partial charge is 0.282 e. The first-order valence-electron chi connectivity index (χ1n) is 5.72. The van der Waals surface area contributed by atoms with Crippen molar-refractivity contribution in [3.05, 3.63) is 34.6 Å². The average Bonchev–Trinajstić information content (AvgIpc) is 2.73. The Hall–Kier alpha value is -1.50. The van der Waals surface area contributed by atoms with Gasteiger partial charge in [-0.3, -0.25) is 4.79 Å². The monoisotopic (exact) mass is 329 g/mol. The Morgan fingerprint density at radius 1 is 1.47 bits per heavy atom. The number of carbonyl (C=O) groups is 1. The molecular formula is C12H10BrF2N3O. The largest absolute Gasteiger partial charge is 0.330 e. The van der Waals surface area contributed by atoms with Crippen LogP contribution in [-0.4, -0.2) is 39.4 Å². The molecule has 1 aliphatic rings. The fraction of sp³-hybridized carbons (Fsp3) is 0.333. The summed E-state index contributed by atoms with van der Waals surface area (Å²) >= 11 is 3.34. The number of aromatic nitrogens is 2. The summed E-state index contributed by atoms with van der Waals surface area (Å²) in [7, 11) is 0. The first-order valence-corrected chi connectivity index (χ1v) is 6.51. The van der Waals surface area contributed by atoms with E-state index in [2.05, 4.69) is 21.0 Å². The molecule has 2 aromatic rings. The van der Waals surface area contributed by atoms with E-state index in [9.17, 15) is 13.6 Å². The maximum Gasteiger partial charge on any atom is 0.282 e. The zero-order valence-corrected chi connectivity index (χ0v) is 11.4. The van der Waals surface area contributed by atoms with Gasteiger partial charge in [0.25, 0.3) is 5.92 Å². The molecule has 1 saturated heterocycles. The first kappa shape index (κ1) is 12.5. The Labute approximate surface area is 116 Å². The van der Waals surface area contributed by atoms with E-state index in [-0.39, 0.29) is 12.3 Å². The van der Waals surface area contributed by atoms with Crippen LogP contribution in [0.5, 0.6) is 0 Å². The lowest BCUT2D eigenvalue weighted by Gasteiger charge is -2.38. The number of nitrogens with zero attached hydrogens (tertiary/aromatic N) is 3. The van der Waals surface area contributed by atoms with Crippen molar-refractivity contribution in [2.45, 2.75) is 12.3 Å². The van der Waals surface area contributed by atoms with Crippen molar-refractivity contribution >= 4 is 27.4 Å². The zero-order valence-electron chi connectivity index (χ0n) is 9.81. The van der Waals surface area contributed by atoms with Crippen molar-refractivity contribution in [3.8, 4) is 0 Å². The van der Waals surface area contributed by atoms with E-state index in [0.29, 0.717) is 0 Å². The number of likely N-dealkylation sites (tertiary alicyclic amines) is 1. The standard InChI is InChI=1S/C12H10BrF2N3O/c13-9-3-8(10-1-2-16-18(10)5-9)4-11(19)17-6-12(14,15)7-17/h1-3,5H,4,6-7H2. The van der Waals surface area contributed by atoms with Gasteiger partial charge < -0.3 is 4.90 Å². The van der Waals surface area contributed by atoms with Crippen LogP contribution in [0.2, 0.25) is 0 Å². The molecule has 0 atom stereocenters. The predicted molar refractivity (Wildman–Crippen MR) is 68.1 cm³/mol. The number of carbonyl (C=O) groups excluding carboxylic acids is 1. The van der Waals surface area contributed by atoms with E-state index in [1.54, 1.807) is 23.0 Å². The van der Waals surface area contributed by atoms with Gasteiger partial charge in [-0.2, -0.15) is 5.10 Å². The lowest BCUT2D eigenvalue weighted by molar-refractivity contribution is -0.165. The highest BCUT2D eigenvalue weighted by Gasteiger charge is 2.45. The van der Waals surface area contributed by atoms with Crippen molar-refractivity contribution < 1.29 is 13.6 Å². The third-order valence-corrected chi connectivity index (χ3v) is 3.53. The summed E-state index contributed by atoms with van der Waals surface area (Å²) in [5.41, 5.74) is 1.58. The molecule has 1 aliphatic heterocycles. The summed E-state index contributed by atoms with van der Waals surface area (Å²) in [5.74, 6) is -3.01. The van der Waals surface area contributed by atoms with E-state index in [1.807, 2.05) is 6.07 Å². The maximum absolute atomic E-state index is 12.7. The second-order valence-electron chi connectivity index (χ2n) is 4.63. The van der Waals surface area contributed by atoms with E-state index in [4.69, 9.17) is 0 Å². The highest BCUT2D eigenvalue weighted by Crippen LogP contribution is 2.27. The lowest BCUT2D eigenvalue weighted by Crippen LogP contribution is -2.58. The minimum absolute atomic E-state index is 0.102. The fourth-order valence-electron chi connectivity index (χ4n) is 2.17. The summed E-state index contributed by atoms with van der Waals surface area (Å²) in [4.78, 5) is 13.1. The molecule has 0 bridgehead atoms. The molecule has 7 heteroatoms. The summed E-state index contributed by atoms with van der Waals surface area (Å²) in [6.07, 6.45) is 3.51. The molecule has 0 spiro atoms. The van der Waals surface area contributed by atoms with Gasteiger partial charge in [0.1, 0.15) is 0 Å². The summed E-state index contributed by atoms with van der Waals surface area (Å²) < 4.78 is 27.9. The van der Waals surface area contributed by atoms with Crippen LogP contribution < -0.4 is 0 Å². The SMILES string of the molecule is O=C(Cc1cc(Br)cn2nccc12)N1CC(F)(F)C1. The minimum atomic E-state index is -2.72. The molecule has 3 rings (SSSR count). The molecule has 100 valence electrons. The number of fused-ring (bicyclic) bond motifs is 1. The van der Waals surface area contributed by atoms with E-state index < -0.39 is 19.0 Å². The highest BCUT2D eigenvalue weighted by molar-refractivity contribution is 9.10. The van der Waals surface area contributed by atoms with E-state index >= 15 is 0 Å². The van der Waals surface area contributed by atoms with Crippen LogP contribution in [0, 0.1) is 0 Å². The van der Waals surface area contributed by atoms with Crippen molar-refractivity contribution in [2.24, 2.45) is 0 Å². The van der Waals surface area contributed by atoms with Gasteiger partial charge in [-0.05, 0) is 33.6 Å². The lowest BCUT2D eigenvalue weighted by atomic mass is 10.1. The number of alkyl halides is 2. The molecular weight excluding hydrogens is 320 g/mol. The first-order chi connectivity index (χ1) is 8.94. The van der Waals surface area contributed by atoms with Crippen LogP contribution in [0.3, 0.4) is 0 Å². The molecule has 2 aromatic heterocycles. The zero-order chi connectivity index (χ0) is 13.6. The number of amides is 1. The highest BCUT2D eigenvalue weighted by atomic mass is 79.9. The van der Waals surface area contributed by atoms with Gasteiger partial charge >= 0.3 is 0 Å². The second kappa shape index (κ2) is 4.26. The van der Waals surface area contributed by atoms with Gasteiger partial charge in [0.15, 0.2) is 0 Å². The van der Waals surface area contributed by atoms with Crippen molar-refractivity contribution in [1.82, 2.24) is 14.5 Å². The number of halogens is 3. The van der Waals surface area contributed by atoms with Crippen LogP contribution >= 0.6 is 15.9 Å². The quantitative estimate of drug-likeness (QED) is 0.846. The third kappa shape index (κ3) is 2.34. The molecule has 19 heavy (non-hydrogen) atoms. The number of hydrogen-bond acceptors (Lipinski definition) is 2. The number of pyridine rings is 1. The normalized spacial score (nSPS) is 17.5. The van der Waals surface area contributed by atoms with Crippen molar-refractivity contribution in [3.63, 3.8) is 0 Å². The molecule has 1 amide bonds. The molecule has 0 N–H and O–H groups in total. The van der Waals surface area contributed by atoms with Crippen molar-refractivity contribution in [2.75, 3.05) is 13.1 Å². The Bertz CT molecular complexity index is 647. The van der Waals surface area contributed by atoms with Gasteiger partial charge in [-0.15, -0.1) is 0 Å². The Morgan fingerprint density at radius 2 is 2.21 bits per heavy atom. The van der Waals surface area contributed by atoms with Gasteiger partial charge in [0, 0.05) is 16.9 Å². The Kier molecular flexibility index (Phi) is 2.81. The number of hydrogen-bond donors (Lipinski definition) is 0.